The lowest BCUT2D eigenvalue weighted by atomic mass is 9.85. The van der Waals surface area contributed by atoms with E-state index in [0.29, 0.717) is 5.92 Å². The van der Waals surface area contributed by atoms with Crippen molar-refractivity contribution in [3.8, 4) is 0 Å². The third-order valence-corrected chi connectivity index (χ3v) is 3.80. The number of nitrogens with one attached hydrogen (secondary N) is 1. The molecule has 1 aromatic rings. The Balaban J connectivity index is 1.86. The van der Waals surface area contributed by atoms with Crippen molar-refractivity contribution in [3.05, 3.63) is 18.2 Å². The van der Waals surface area contributed by atoms with Gasteiger partial charge in [-0.15, -0.1) is 0 Å². The van der Waals surface area contributed by atoms with Crippen LogP contribution in [-0.4, -0.2) is 22.6 Å². The summed E-state index contributed by atoms with van der Waals surface area (Å²) < 4.78 is 2.42. The molecular weight excluding hydrogens is 186 g/mol. The molecule has 15 heavy (non-hydrogen) atoms. The summed E-state index contributed by atoms with van der Waals surface area (Å²) >= 11 is 0. The molecule has 3 heteroatoms. The SMILES string of the molecule is CC1CNCCC1c1cncn1C1CC1. The number of rotatable bonds is 2. The van der Waals surface area contributed by atoms with Crippen molar-refractivity contribution in [2.24, 2.45) is 5.92 Å². The summed E-state index contributed by atoms with van der Waals surface area (Å²) in [5.41, 5.74) is 1.48. The predicted molar refractivity (Wildman–Crippen MR) is 59.9 cm³/mol. The molecule has 2 heterocycles. The average Bonchev–Trinajstić information content (AvgIpc) is 2.98. The summed E-state index contributed by atoms with van der Waals surface area (Å²) in [4.78, 5) is 4.34. The molecule has 82 valence electrons. The van der Waals surface area contributed by atoms with E-state index < -0.39 is 0 Å². The van der Waals surface area contributed by atoms with Crippen LogP contribution < -0.4 is 5.32 Å². The van der Waals surface area contributed by atoms with E-state index in [-0.39, 0.29) is 0 Å². The number of hydrogen-bond acceptors (Lipinski definition) is 2. The minimum Gasteiger partial charge on any atom is -0.331 e. The molecule has 1 saturated heterocycles. The molecule has 3 rings (SSSR count). The molecule has 0 spiro atoms. The molecule has 2 aliphatic rings. The molecule has 1 aliphatic carbocycles. The van der Waals surface area contributed by atoms with Gasteiger partial charge < -0.3 is 9.88 Å². The van der Waals surface area contributed by atoms with Crippen LogP contribution in [0, 0.1) is 5.92 Å². The fourth-order valence-corrected chi connectivity index (χ4v) is 2.71. The van der Waals surface area contributed by atoms with Crippen molar-refractivity contribution < 1.29 is 0 Å². The second-order valence-electron chi connectivity index (χ2n) is 5.03. The lowest BCUT2D eigenvalue weighted by Crippen LogP contribution is -2.34. The highest BCUT2D eigenvalue weighted by atomic mass is 15.1. The van der Waals surface area contributed by atoms with Crippen LogP contribution in [0.25, 0.3) is 0 Å². The van der Waals surface area contributed by atoms with E-state index in [4.69, 9.17) is 0 Å². The molecule has 1 aliphatic heterocycles. The first-order chi connectivity index (χ1) is 7.36. The summed E-state index contributed by atoms with van der Waals surface area (Å²) in [7, 11) is 0. The van der Waals surface area contributed by atoms with Crippen LogP contribution in [0.2, 0.25) is 0 Å². The monoisotopic (exact) mass is 205 g/mol. The van der Waals surface area contributed by atoms with Gasteiger partial charge in [-0.3, -0.25) is 0 Å². The Bertz CT molecular complexity index is 340. The Hall–Kier alpha value is -0.830. The van der Waals surface area contributed by atoms with Crippen LogP contribution >= 0.6 is 0 Å². The van der Waals surface area contributed by atoms with E-state index in [1.54, 1.807) is 0 Å². The van der Waals surface area contributed by atoms with Gasteiger partial charge in [0.15, 0.2) is 0 Å². The van der Waals surface area contributed by atoms with Gasteiger partial charge in [0.1, 0.15) is 0 Å². The summed E-state index contributed by atoms with van der Waals surface area (Å²) in [6, 6.07) is 0.768. The molecule has 0 amide bonds. The van der Waals surface area contributed by atoms with E-state index >= 15 is 0 Å². The Morgan fingerprint density at radius 3 is 3.00 bits per heavy atom. The van der Waals surface area contributed by atoms with Gasteiger partial charge in [-0.2, -0.15) is 0 Å². The van der Waals surface area contributed by atoms with Crippen LogP contribution in [0.1, 0.15) is 43.8 Å². The van der Waals surface area contributed by atoms with E-state index in [1.807, 2.05) is 6.33 Å². The fourth-order valence-electron chi connectivity index (χ4n) is 2.71. The highest BCUT2D eigenvalue weighted by molar-refractivity contribution is 5.12. The normalized spacial score (nSPS) is 31.8. The summed E-state index contributed by atoms with van der Waals surface area (Å²) in [5.74, 6) is 1.46. The topological polar surface area (TPSA) is 29.9 Å². The highest BCUT2D eigenvalue weighted by Crippen LogP contribution is 2.39. The second kappa shape index (κ2) is 3.63. The minimum absolute atomic E-state index is 0.717. The molecule has 1 N–H and O–H groups in total. The Kier molecular flexibility index (Phi) is 2.28. The maximum absolute atomic E-state index is 4.34. The van der Waals surface area contributed by atoms with E-state index in [9.17, 15) is 0 Å². The van der Waals surface area contributed by atoms with Crippen molar-refractivity contribution >= 4 is 0 Å². The maximum Gasteiger partial charge on any atom is 0.0950 e. The average molecular weight is 205 g/mol. The Labute approximate surface area is 90.9 Å². The van der Waals surface area contributed by atoms with Crippen LogP contribution in [0.3, 0.4) is 0 Å². The predicted octanol–water partition coefficient (Wildman–Crippen LogP) is 1.93. The third kappa shape index (κ3) is 1.69. The van der Waals surface area contributed by atoms with E-state index in [2.05, 4.69) is 28.0 Å². The minimum atomic E-state index is 0.717. The Morgan fingerprint density at radius 1 is 1.40 bits per heavy atom. The second-order valence-corrected chi connectivity index (χ2v) is 5.03. The molecule has 0 radical (unpaired) electrons. The highest BCUT2D eigenvalue weighted by Gasteiger charge is 2.30. The molecule has 1 saturated carbocycles. The molecule has 1 aromatic heterocycles. The van der Waals surface area contributed by atoms with Crippen LogP contribution in [0.5, 0.6) is 0 Å². The zero-order valence-corrected chi connectivity index (χ0v) is 9.32. The molecular formula is C12H19N3. The zero-order chi connectivity index (χ0) is 10.3. The maximum atomic E-state index is 4.34. The van der Waals surface area contributed by atoms with Crippen LogP contribution in [0.4, 0.5) is 0 Å². The number of aromatic nitrogens is 2. The summed E-state index contributed by atoms with van der Waals surface area (Å²) in [5, 5.41) is 3.46. The standard InChI is InChI=1S/C12H19N3/c1-9-6-13-5-4-11(9)12-7-14-8-15(12)10-2-3-10/h7-11,13H,2-6H2,1H3. The van der Waals surface area contributed by atoms with Gasteiger partial charge in [-0.05, 0) is 38.3 Å². The van der Waals surface area contributed by atoms with Gasteiger partial charge in [-0.1, -0.05) is 6.92 Å². The fraction of sp³-hybridized carbons (Fsp3) is 0.750. The number of imidazole rings is 1. The van der Waals surface area contributed by atoms with Gasteiger partial charge in [0.2, 0.25) is 0 Å². The first-order valence-electron chi connectivity index (χ1n) is 6.08. The van der Waals surface area contributed by atoms with Crippen LogP contribution in [0.15, 0.2) is 12.5 Å². The smallest absolute Gasteiger partial charge is 0.0950 e. The number of nitrogens with zero attached hydrogens (tertiary/aromatic N) is 2. The zero-order valence-electron chi connectivity index (χ0n) is 9.32. The molecule has 2 atom stereocenters. The van der Waals surface area contributed by atoms with Gasteiger partial charge >= 0.3 is 0 Å². The van der Waals surface area contributed by atoms with Crippen molar-refractivity contribution in [2.45, 2.75) is 38.1 Å². The third-order valence-electron chi connectivity index (χ3n) is 3.80. The molecule has 0 aromatic carbocycles. The van der Waals surface area contributed by atoms with Crippen molar-refractivity contribution in [1.29, 1.82) is 0 Å². The van der Waals surface area contributed by atoms with Crippen molar-refractivity contribution in [1.82, 2.24) is 14.9 Å². The molecule has 2 unspecified atom stereocenters. The van der Waals surface area contributed by atoms with Gasteiger partial charge in [0.05, 0.1) is 6.33 Å². The van der Waals surface area contributed by atoms with E-state index in [0.717, 1.165) is 25.0 Å². The molecule has 3 nitrogen and oxygen atoms in total. The molecule has 0 bridgehead atoms. The first kappa shape index (κ1) is 9.40. The lowest BCUT2D eigenvalue weighted by molar-refractivity contribution is 0.336. The Morgan fingerprint density at radius 2 is 2.27 bits per heavy atom. The van der Waals surface area contributed by atoms with Gasteiger partial charge in [-0.25, -0.2) is 4.98 Å². The lowest BCUT2D eigenvalue weighted by Gasteiger charge is -2.30. The van der Waals surface area contributed by atoms with Crippen LogP contribution in [-0.2, 0) is 0 Å². The first-order valence-corrected chi connectivity index (χ1v) is 6.08. The molecule has 2 fully saturated rings. The quantitative estimate of drug-likeness (QED) is 0.799. The van der Waals surface area contributed by atoms with Gasteiger partial charge in [0.25, 0.3) is 0 Å². The van der Waals surface area contributed by atoms with Crippen molar-refractivity contribution in [2.75, 3.05) is 13.1 Å². The van der Waals surface area contributed by atoms with E-state index in [1.165, 1.54) is 25.0 Å². The summed E-state index contributed by atoms with van der Waals surface area (Å²) in [6.45, 7) is 4.66. The number of piperidine rings is 1. The summed E-state index contributed by atoms with van der Waals surface area (Å²) in [6.07, 6.45) is 8.08. The largest absolute Gasteiger partial charge is 0.331 e. The number of hydrogen-bond donors (Lipinski definition) is 1. The van der Waals surface area contributed by atoms with Crippen molar-refractivity contribution in [3.63, 3.8) is 0 Å². The van der Waals surface area contributed by atoms with Gasteiger partial charge in [0, 0.05) is 23.9 Å².